The van der Waals surface area contributed by atoms with Crippen molar-refractivity contribution in [2.45, 2.75) is 58.3 Å². The Morgan fingerprint density at radius 1 is 1.33 bits per heavy atom. The van der Waals surface area contributed by atoms with E-state index < -0.39 is 5.54 Å². The molecule has 1 amide bonds. The molecule has 2 rings (SSSR count). The van der Waals surface area contributed by atoms with Gasteiger partial charge in [0.1, 0.15) is 5.54 Å². The van der Waals surface area contributed by atoms with E-state index in [0.29, 0.717) is 19.6 Å². The number of benzene rings is 1. The van der Waals surface area contributed by atoms with Crippen LogP contribution in [0.5, 0.6) is 0 Å². The van der Waals surface area contributed by atoms with Crippen molar-refractivity contribution in [2.75, 3.05) is 20.2 Å². The zero-order valence-corrected chi connectivity index (χ0v) is 18.7. The summed E-state index contributed by atoms with van der Waals surface area (Å²) >= 11 is 0. The summed E-state index contributed by atoms with van der Waals surface area (Å²) in [5.74, 6) is -0.0755. The average Bonchev–Trinajstić information content (AvgIpc) is 2.59. The lowest BCUT2D eigenvalue weighted by Crippen LogP contribution is -2.76. The Labute approximate surface area is 176 Å². The normalized spacial score (nSPS) is 24.2. The summed E-state index contributed by atoms with van der Waals surface area (Å²) in [4.78, 5) is 14.9. The van der Waals surface area contributed by atoms with E-state index in [1.165, 1.54) is 5.56 Å². The predicted molar refractivity (Wildman–Crippen MR) is 116 cm³/mol. The van der Waals surface area contributed by atoms with Crippen LogP contribution in [0.15, 0.2) is 30.3 Å². The zero-order chi connectivity index (χ0) is 18.7. The van der Waals surface area contributed by atoms with Gasteiger partial charge in [-0.05, 0) is 26.5 Å². The molecule has 1 saturated carbocycles. The molecule has 3 N–H and O–H groups in total. The van der Waals surface area contributed by atoms with Crippen molar-refractivity contribution in [1.29, 1.82) is 0 Å². The summed E-state index contributed by atoms with van der Waals surface area (Å²) in [5.41, 5.74) is 6.48. The monoisotopic (exact) mass is 419 g/mol. The number of likely N-dealkylation sites (N-methyl/N-ethyl adjacent to an activating group) is 1. The summed E-state index contributed by atoms with van der Waals surface area (Å²) in [6.45, 7) is 10.2. The second-order valence-corrected chi connectivity index (χ2v) is 7.80. The fourth-order valence-electron chi connectivity index (χ4n) is 3.40. The second kappa shape index (κ2) is 10.6. The van der Waals surface area contributed by atoms with Crippen LogP contribution in [0, 0.1) is 5.41 Å². The van der Waals surface area contributed by atoms with Crippen LogP contribution in [0.1, 0.15) is 39.7 Å². The van der Waals surface area contributed by atoms with E-state index in [1.54, 1.807) is 0 Å². The Kier molecular flexibility index (Phi) is 10.3. The van der Waals surface area contributed by atoms with Crippen molar-refractivity contribution < 1.29 is 9.53 Å². The lowest BCUT2D eigenvalue weighted by Gasteiger charge is -2.57. The van der Waals surface area contributed by atoms with Crippen LogP contribution in [0.4, 0.5) is 0 Å². The van der Waals surface area contributed by atoms with Gasteiger partial charge >= 0.3 is 0 Å². The number of amides is 1. The Morgan fingerprint density at radius 2 is 1.93 bits per heavy atom. The van der Waals surface area contributed by atoms with Crippen LogP contribution in [-0.4, -0.2) is 48.7 Å². The molecule has 0 bridgehead atoms. The van der Waals surface area contributed by atoms with Gasteiger partial charge in [-0.15, -0.1) is 24.8 Å². The summed E-state index contributed by atoms with van der Waals surface area (Å²) in [7, 11) is 2.07. The number of nitrogens with two attached hydrogens (primary N) is 1. The minimum atomic E-state index is -0.857. The molecule has 1 aromatic rings. The molecule has 1 aromatic carbocycles. The average molecular weight is 420 g/mol. The van der Waals surface area contributed by atoms with Crippen LogP contribution < -0.4 is 11.1 Å². The fourth-order valence-corrected chi connectivity index (χ4v) is 3.40. The molecule has 3 unspecified atom stereocenters. The van der Waals surface area contributed by atoms with Crippen LogP contribution >= 0.6 is 24.8 Å². The number of halogens is 2. The molecule has 7 heteroatoms. The smallest absolute Gasteiger partial charge is 0.240 e. The van der Waals surface area contributed by atoms with E-state index in [2.05, 4.69) is 36.3 Å². The Hall–Kier alpha value is -0.850. The highest BCUT2D eigenvalue weighted by molar-refractivity contribution is 5.88. The quantitative estimate of drug-likeness (QED) is 0.679. The highest BCUT2D eigenvalue weighted by atomic mass is 35.5. The number of hydrogen-bond donors (Lipinski definition) is 2. The molecule has 0 spiro atoms. The minimum Gasteiger partial charge on any atom is -0.378 e. The first-order chi connectivity index (χ1) is 11.7. The van der Waals surface area contributed by atoms with Crippen LogP contribution in [0.3, 0.4) is 0 Å². The van der Waals surface area contributed by atoms with Crippen LogP contribution in [-0.2, 0) is 16.1 Å². The molecule has 1 fully saturated rings. The molecule has 27 heavy (non-hydrogen) atoms. The third kappa shape index (κ3) is 5.58. The topological polar surface area (TPSA) is 67.6 Å². The van der Waals surface area contributed by atoms with Crippen molar-refractivity contribution >= 4 is 30.7 Å². The van der Waals surface area contributed by atoms with Gasteiger partial charge in [0.05, 0.1) is 6.10 Å². The van der Waals surface area contributed by atoms with Crippen LogP contribution in [0.25, 0.3) is 0 Å². The van der Waals surface area contributed by atoms with Crippen molar-refractivity contribution in [3.63, 3.8) is 0 Å². The molecule has 0 heterocycles. The number of nitrogens with zero attached hydrogens (tertiary/aromatic N) is 1. The molecule has 0 aromatic heterocycles. The van der Waals surface area contributed by atoms with E-state index in [4.69, 9.17) is 10.5 Å². The number of carbonyl (C=O) groups is 1. The van der Waals surface area contributed by atoms with Gasteiger partial charge in [0, 0.05) is 37.6 Å². The Bertz CT molecular complexity index is 586. The number of hydrogen-bond acceptors (Lipinski definition) is 4. The van der Waals surface area contributed by atoms with Gasteiger partial charge in [0.2, 0.25) is 5.91 Å². The summed E-state index contributed by atoms with van der Waals surface area (Å²) < 4.78 is 5.70. The lowest BCUT2D eigenvalue weighted by molar-refractivity contribution is -0.170. The van der Waals surface area contributed by atoms with E-state index in [-0.39, 0.29) is 48.3 Å². The van der Waals surface area contributed by atoms with E-state index >= 15 is 0 Å². The van der Waals surface area contributed by atoms with Gasteiger partial charge in [-0.2, -0.15) is 0 Å². The highest BCUT2D eigenvalue weighted by Gasteiger charge is 2.62. The maximum atomic E-state index is 12.7. The molecule has 1 aliphatic rings. The maximum absolute atomic E-state index is 12.7. The first-order valence-corrected chi connectivity index (χ1v) is 9.15. The first-order valence-electron chi connectivity index (χ1n) is 9.15. The first kappa shape index (κ1) is 26.1. The zero-order valence-electron chi connectivity index (χ0n) is 17.0. The number of ether oxygens (including phenoxy) is 1. The van der Waals surface area contributed by atoms with Crippen molar-refractivity contribution in [3.05, 3.63) is 35.9 Å². The second-order valence-electron chi connectivity index (χ2n) is 7.80. The highest BCUT2D eigenvalue weighted by Crippen LogP contribution is 2.49. The summed E-state index contributed by atoms with van der Waals surface area (Å²) in [6.07, 6.45) is 0.625. The molecular formula is C20H35Cl2N3O2. The Morgan fingerprint density at radius 3 is 2.44 bits per heavy atom. The molecule has 0 saturated heterocycles. The number of carbonyl (C=O) groups excluding carboxylic acids is 1. The molecule has 1 aliphatic carbocycles. The standard InChI is InChI=1S/C20H33N3O2.2ClH/c1-6-25-17-12-20(21,19(17,3)4)18(24)22-13-15(2)23(5)14-16-10-8-7-9-11-16;;/h7-11,15,17H,6,12-14,21H2,1-5H3,(H,22,24);2*1H. The Balaban J connectivity index is 0.00000338. The minimum absolute atomic E-state index is 0. The number of rotatable bonds is 8. The largest absolute Gasteiger partial charge is 0.378 e. The fraction of sp³-hybridized carbons (Fsp3) is 0.650. The number of nitrogens with one attached hydrogen (secondary N) is 1. The van der Waals surface area contributed by atoms with Gasteiger partial charge in [-0.1, -0.05) is 44.2 Å². The SMILES string of the molecule is CCOC1CC(N)(C(=O)NCC(C)N(C)Cc2ccccc2)C1(C)C.Cl.Cl. The van der Waals surface area contributed by atoms with Gasteiger partial charge in [0.25, 0.3) is 0 Å². The molecule has 0 radical (unpaired) electrons. The van der Waals surface area contributed by atoms with Gasteiger partial charge in [-0.3, -0.25) is 9.69 Å². The maximum Gasteiger partial charge on any atom is 0.240 e. The van der Waals surface area contributed by atoms with E-state index in [0.717, 1.165) is 6.54 Å². The molecule has 156 valence electrons. The van der Waals surface area contributed by atoms with Gasteiger partial charge in [-0.25, -0.2) is 0 Å². The molecule has 5 nitrogen and oxygen atoms in total. The lowest BCUT2D eigenvalue weighted by atomic mass is 9.54. The molecule has 3 atom stereocenters. The molecule has 0 aliphatic heterocycles. The van der Waals surface area contributed by atoms with E-state index in [1.807, 2.05) is 39.0 Å². The van der Waals surface area contributed by atoms with Crippen molar-refractivity contribution in [3.8, 4) is 0 Å². The van der Waals surface area contributed by atoms with Crippen molar-refractivity contribution in [1.82, 2.24) is 10.2 Å². The van der Waals surface area contributed by atoms with E-state index in [9.17, 15) is 4.79 Å². The van der Waals surface area contributed by atoms with Gasteiger partial charge in [0.15, 0.2) is 0 Å². The molecular weight excluding hydrogens is 385 g/mol. The third-order valence-corrected chi connectivity index (χ3v) is 5.82. The third-order valence-electron chi connectivity index (χ3n) is 5.82. The summed E-state index contributed by atoms with van der Waals surface area (Å²) in [5, 5.41) is 3.05. The summed E-state index contributed by atoms with van der Waals surface area (Å²) in [6, 6.07) is 10.5. The van der Waals surface area contributed by atoms with Gasteiger partial charge < -0.3 is 15.8 Å². The van der Waals surface area contributed by atoms with Crippen molar-refractivity contribution in [2.24, 2.45) is 11.1 Å². The predicted octanol–water partition coefficient (Wildman–Crippen LogP) is 3.00. The van der Waals surface area contributed by atoms with Crippen LogP contribution in [0.2, 0.25) is 0 Å².